The summed E-state index contributed by atoms with van der Waals surface area (Å²) >= 11 is 0. The third kappa shape index (κ3) is 11.5. The van der Waals surface area contributed by atoms with Gasteiger partial charge in [-0.1, -0.05) is 0 Å². The van der Waals surface area contributed by atoms with Gasteiger partial charge in [-0.25, -0.2) is 0 Å². The average Bonchev–Trinajstić information content (AvgIpc) is 2.25. The molecule has 4 N–H and O–H groups in total. The zero-order valence-corrected chi connectivity index (χ0v) is 21.0. The molecule has 0 aromatic carbocycles. The molecule has 0 aromatic rings. The van der Waals surface area contributed by atoms with Crippen LogP contribution in [0.4, 0.5) is 0 Å². The van der Waals surface area contributed by atoms with E-state index in [0.29, 0.717) is 0 Å². The second-order valence-electron chi connectivity index (χ2n) is 4.29. The van der Waals surface area contributed by atoms with Crippen LogP contribution in [0, 0.1) is 0 Å². The Hall–Kier alpha value is 3.10. The maximum absolute atomic E-state index is 11.0. The van der Waals surface area contributed by atoms with E-state index in [1.54, 1.807) is 0 Å². The summed E-state index contributed by atoms with van der Waals surface area (Å²) in [4.78, 5) is 31.6. The molecule has 0 aromatic heterocycles. The summed E-state index contributed by atoms with van der Waals surface area (Å²) in [5, 5.41) is 30.7. The fourth-order valence-electron chi connectivity index (χ4n) is 1.66. The molecule has 11 nitrogen and oxygen atoms in total. The van der Waals surface area contributed by atoms with E-state index in [2.05, 4.69) is 4.52 Å². The van der Waals surface area contributed by atoms with Crippen LogP contribution in [-0.4, -0.2) is 59.2 Å². The fraction of sp³-hybridized carbons (Fsp3) is 1.00. The van der Waals surface area contributed by atoms with Crippen molar-refractivity contribution in [2.75, 3.05) is 13.3 Å². The van der Waals surface area contributed by atoms with Gasteiger partial charge in [0, 0.05) is 0 Å². The molecule has 1 aliphatic heterocycles. The second-order valence-corrected chi connectivity index (χ2v) is 7.39. The van der Waals surface area contributed by atoms with Gasteiger partial charge in [0.25, 0.3) is 0 Å². The molecule has 16 heteroatoms. The quantitative estimate of drug-likeness (QED) is 0.251. The monoisotopic (exact) mass is 403 g/mol. The van der Waals surface area contributed by atoms with Gasteiger partial charge >= 0.3 is 88.7 Å². The number of hydrogen-bond acceptors (Lipinski definition) is 10. The topological polar surface area (TPSA) is 194 Å². The van der Waals surface area contributed by atoms with Crippen molar-refractivity contribution in [3.05, 3.63) is 0 Å². The van der Waals surface area contributed by atoms with Crippen LogP contribution >= 0.6 is 15.3 Å². The predicted molar refractivity (Wildman–Crippen MR) is 56.9 cm³/mol. The van der Waals surface area contributed by atoms with Crippen LogP contribution in [0.1, 0.15) is 0 Å². The minimum Gasteiger partial charge on any atom is -0.790 e. The number of phosphoric acid groups is 1. The molecule has 1 aliphatic rings. The maximum Gasteiger partial charge on any atom is 1.00 e. The van der Waals surface area contributed by atoms with Gasteiger partial charge in [-0.2, -0.15) is 0 Å². The first-order valence-corrected chi connectivity index (χ1v) is 8.86. The van der Waals surface area contributed by atoms with Crippen molar-refractivity contribution in [3.63, 3.8) is 0 Å². The van der Waals surface area contributed by atoms with Crippen LogP contribution in [0.5, 0.6) is 0 Å². The molecule has 0 saturated carbocycles. The molecule has 0 spiro atoms. The van der Waals surface area contributed by atoms with Gasteiger partial charge in [0.05, 0.1) is 28.0 Å². The van der Waals surface area contributed by atoms with Crippen molar-refractivity contribution in [1.82, 2.24) is 5.09 Å². The normalized spacial score (nSPS) is 33.4. The maximum atomic E-state index is 11.0. The molecular weight excluding hydrogens is 389 g/mol. The minimum atomic E-state index is -5.31. The zero-order chi connectivity index (χ0) is 15.7. The summed E-state index contributed by atoms with van der Waals surface area (Å²) in [6.07, 6.45) is -6.93. The Morgan fingerprint density at radius 3 is 1.96 bits per heavy atom. The van der Waals surface area contributed by atoms with Crippen molar-refractivity contribution < 1.29 is 137 Å². The van der Waals surface area contributed by atoms with Gasteiger partial charge in [-0.15, -0.1) is 0 Å². The van der Waals surface area contributed by atoms with E-state index in [1.165, 1.54) is 0 Å². The number of aliphatic hydroxyl groups is 3. The van der Waals surface area contributed by atoms with E-state index in [1.807, 2.05) is 5.09 Å². The van der Waals surface area contributed by atoms with Crippen molar-refractivity contribution in [2.24, 2.45) is 0 Å². The molecule has 0 radical (unpaired) electrons. The third-order valence-electron chi connectivity index (χ3n) is 2.50. The molecule has 0 amide bonds. The van der Waals surface area contributed by atoms with Gasteiger partial charge in [-0.05, 0) is 6.66 Å². The number of hydrogen-bond donors (Lipinski definition) is 4. The smallest absolute Gasteiger partial charge is 0.790 e. The van der Waals surface area contributed by atoms with E-state index in [4.69, 9.17) is 4.74 Å². The van der Waals surface area contributed by atoms with Crippen LogP contribution in [0.25, 0.3) is 0 Å². The second kappa shape index (κ2) is 12.5. The number of nitrogens with one attached hydrogen (secondary N) is 1. The number of rotatable bonds is 5. The number of phosphoric ester groups is 1. The van der Waals surface area contributed by atoms with Gasteiger partial charge in [-0.3, -0.25) is 5.09 Å². The largest absolute Gasteiger partial charge is 1.00 e. The molecule has 1 unspecified atom stereocenters. The van der Waals surface area contributed by atoms with E-state index >= 15 is 0 Å². The molecule has 1 heterocycles. The van der Waals surface area contributed by atoms with Gasteiger partial charge in [0.15, 0.2) is 6.29 Å². The minimum absolute atomic E-state index is 0. The van der Waals surface area contributed by atoms with Gasteiger partial charge in [0.2, 0.25) is 0 Å². The summed E-state index contributed by atoms with van der Waals surface area (Å²) in [5.41, 5.74) is 0. The molecule has 0 aliphatic carbocycles. The summed E-state index contributed by atoms with van der Waals surface area (Å²) in [7, 11) is -9.40. The molecule has 1 saturated heterocycles. The van der Waals surface area contributed by atoms with Crippen LogP contribution in [-0.2, 0) is 18.4 Å². The number of aliphatic hydroxyl groups excluding tert-OH is 3. The molecule has 1 rings (SSSR count). The molecule has 0 bridgehead atoms. The van der Waals surface area contributed by atoms with Crippen molar-refractivity contribution in [2.45, 2.75) is 30.6 Å². The summed E-state index contributed by atoms with van der Waals surface area (Å²) in [6.45, 7) is -0.132. The molecule has 120 valence electrons. The number of ether oxygens (including phenoxy) is 1. The van der Waals surface area contributed by atoms with Crippen molar-refractivity contribution in [1.29, 1.82) is 0 Å². The Labute approximate surface area is 199 Å². The first kappa shape index (κ1) is 30.8. The Morgan fingerprint density at radius 2 is 1.57 bits per heavy atom. The van der Waals surface area contributed by atoms with Crippen LogP contribution in [0.2, 0.25) is 0 Å². The van der Waals surface area contributed by atoms with Crippen LogP contribution < -0.4 is 108 Å². The summed E-state index contributed by atoms with van der Waals surface area (Å²) < 4.78 is 29.9. The Bertz CT molecular complexity index is 431. The van der Waals surface area contributed by atoms with Crippen molar-refractivity contribution >= 4 is 15.3 Å². The van der Waals surface area contributed by atoms with Gasteiger partial charge < -0.3 is 48.4 Å². The SMILES string of the molecule is CP(=O)([O-])N[C@@H]1[C@@H](O)[C@H](O)[C@@H](COP(=O)([O-])[O-])O[C@H]1O.[Na+].[Na+].[Na+]. The van der Waals surface area contributed by atoms with E-state index in [-0.39, 0.29) is 88.7 Å². The van der Waals surface area contributed by atoms with E-state index < -0.39 is 52.6 Å². The molecule has 1 fully saturated rings. The summed E-state index contributed by atoms with van der Waals surface area (Å²) in [6, 6.07) is -1.54. The van der Waals surface area contributed by atoms with Gasteiger partial charge in [0.1, 0.15) is 18.3 Å². The molecule has 6 atom stereocenters. The first-order chi connectivity index (χ1) is 8.91. The molecule has 23 heavy (non-hydrogen) atoms. The Morgan fingerprint density at radius 1 is 1.09 bits per heavy atom. The summed E-state index contributed by atoms with van der Waals surface area (Å²) in [5.74, 6) is 0. The Kier molecular flexibility index (Phi) is 16.8. The standard InChI is InChI=1S/C7H17NO10P2.3Na/c1-19(12,13)8-4-6(10)5(9)3(18-7(4)11)2-17-20(14,15)16;;;/h3-7,9-11H,2H2,1H3,(H2,8,12,13)(H2,14,15,16);;;/q;3*+1/p-3/t3-,4-,5-,6-,7-;;;/m1.../s1. The average molecular weight is 403 g/mol. The molecular formula is C7H14NNa3O10P2. The third-order valence-corrected chi connectivity index (χ3v) is 3.73. The van der Waals surface area contributed by atoms with E-state index in [9.17, 15) is 39.1 Å². The van der Waals surface area contributed by atoms with Crippen LogP contribution in [0.15, 0.2) is 0 Å². The van der Waals surface area contributed by atoms with Crippen LogP contribution in [0.3, 0.4) is 0 Å². The fourth-order valence-corrected chi connectivity index (χ4v) is 2.81. The first-order valence-electron chi connectivity index (χ1n) is 5.33. The zero-order valence-electron chi connectivity index (χ0n) is 13.2. The van der Waals surface area contributed by atoms with E-state index in [0.717, 1.165) is 6.66 Å². The Balaban J connectivity index is -0.00000133. The van der Waals surface area contributed by atoms with Crippen molar-refractivity contribution in [3.8, 4) is 0 Å². The predicted octanol–water partition coefficient (Wildman–Crippen LogP) is -13.6.